The largest absolute Gasteiger partial charge is 0.493 e. The van der Waals surface area contributed by atoms with Crippen molar-refractivity contribution in [3.05, 3.63) is 105 Å². The second kappa shape index (κ2) is 11.1. The van der Waals surface area contributed by atoms with Crippen LogP contribution in [-0.2, 0) is 19.5 Å². The Balaban J connectivity index is 0.000000244. The third-order valence-corrected chi connectivity index (χ3v) is 7.10. The molecule has 4 aromatic rings. The summed E-state index contributed by atoms with van der Waals surface area (Å²) in [5.74, 6) is 0.749. The van der Waals surface area contributed by atoms with Gasteiger partial charge in [-0.25, -0.2) is 9.79 Å². The lowest BCUT2D eigenvalue weighted by Crippen LogP contribution is -2.41. The molecule has 0 saturated carbocycles. The van der Waals surface area contributed by atoms with E-state index in [1.165, 1.54) is 0 Å². The van der Waals surface area contributed by atoms with Gasteiger partial charge in [-0.1, -0.05) is 30.3 Å². The molecule has 2 aliphatic heterocycles. The van der Waals surface area contributed by atoms with E-state index in [-0.39, 0.29) is 17.5 Å². The zero-order valence-corrected chi connectivity index (χ0v) is 22.9. The number of carbonyl (C=O) groups is 2. The monoisotopic (exact) mass is 538 g/mol. The molecule has 1 aromatic heterocycles. The first-order chi connectivity index (χ1) is 19.4. The van der Waals surface area contributed by atoms with Gasteiger partial charge in [-0.3, -0.25) is 24.0 Å². The van der Waals surface area contributed by atoms with Crippen molar-refractivity contribution in [3.63, 3.8) is 0 Å². The topological polar surface area (TPSA) is 104 Å². The van der Waals surface area contributed by atoms with Crippen molar-refractivity contribution >= 4 is 17.5 Å². The van der Waals surface area contributed by atoms with E-state index in [1.54, 1.807) is 43.1 Å². The highest BCUT2D eigenvalue weighted by molar-refractivity contribution is 6.21. The third kappa shape index (κ3) is 4.82. The van der Waals surface area contributed by atoms with Gasteiger partial charge in [0.2, 0.25) is 0 Å². The summed E-state index contributed by atoms with van der Waals surface area (Å²) in [6, 6.07) is 20.6. The maximum Gasteiger partial charge on any atom is 0.330 e. The summed E-state index contributed by atoms with van der Waals surface area (Å²) in [7, 11) is 3.25. The minimum Gasteiger partial charge on any atom is -0.493 e. The summed E-state index contributed by atoms with van der Waals surface area (Å²) in [5.41, 5.74) is 6.46. The highest BCUT2D eigenvalue weighted by atomic mass is 16.5. The van der Waals surface area contributed by atoms with Crippen LogP contribution in [0.3, 0.4) is 0 Å². The number of imide groups is 1. The summed E-state index contributed by atoms with van der Waals surface area (Å²) in [4.78, 5) is 39.9. The van der Waals surface area contributed by atoms with Gasteiger partial charge in [-0.15, -0.1) is 0 Å². The molecule has 2 aliphatic rings. The third-order valence-electron chi connectivity index (χ3n) is 7.10. The van der Waals surface area contributed by atoms with Gasteiger partial charge in [0.05, 0.1) is 36.7 Å². The van der Waals surface area contributed by atoms with Crippen LogP contribution >= 0.6 is 0 Å². The molecule has 6 rings (SSSR count). The fourth-order valence-electron chi connectivity index (χ4n) is 4.98. The normalized spacial score (nSPS) is 13.4. The molecule has 0 spiro atoms. The molecule has 40 heavy (non-hydrogen) atoms. The van der Waals surface area contributed by atoms with Crippen molar-refractivity contribution in [3.8, 4) is 22.8 Å². The number of hydrogen-bond acceptors (Lipinski definition) is 6. The van der Waals surface area contributed by atoms with E-state index >= 15 is 0 Å². The first-order valence-corrected chi connectivity index (χ1v) is 13.0. The van der Waals surface area contributed by atoms with Gasteiger partial charge in [-0.05, 0) is 61.7 Å². The molecule has 204 valence electrons. The first-order valence-electron chi connectivity index (χ1n) is 13.0. The second-order valence-corrected chi connectivity index (χ2v) is 9.41. The SMILES string of the molecule is CCn1c(=Nc2ccccc2C)cc2n(c1=O)CCc1cc(OC)c(OC)cc1-2.O=C1NC(=O)c2ccccc21. The maximum absolute atomic E-state index is 13.2. The molecular weight excluding hydrogens is 508 g/mol. The number of hydrogen-bond donors (Lipinski definition) is 1. The zero-order chi connectivity index (χ0) is 28.4. The van der Waals surface area contributed by atoms with Crippen LogP contribution in [0.2, 0.25) is 0 Å². The Morgan fingerprint density at radius 1 is 0.850 bits per heavy atom. The van der Waals surface area contributed by atoms with Crippen LogP contribution in [-0.4, -0.2) is 35.2 Å². The lowest BCUT2D eigenvalue weighted by Gasteiger charge is -2.24. The Labute approximate surface area is 231 Å². The fraction of sp³-hybridized carbons (Fsp3) is 0.226. The number of para-hydroxylation sites is 1. The van der Waals surface area contributed by atoms with Gasteiger partial charge in [0, 0.05) is 24.7 Å². The van der Waals surface area contributed by atoms with Crippen LogP contribution in [0.1, 0.15) is 38.8 Å². The number of methoxy groups -OCH3 is 2. The minimum absolute atomic E-state index is 0.0437. The fourth-order valence-corrected chi connectivity index (χ4v) is 4.98. The Morgan fingerprint density at radius 2 is 1.48 bits per heavy atom. The van der Waals surface area contributed by atoms with Crippen molar-refractivity contribution in [1.29, 1.82) is 0 Å². The Hall–Kier alpha value is -4.92. The number of rotatable bonds is 4. The average molecular weight is 539 g/mol. The van der Waals surface area contributed by atoms with E-state index in [9.17, 15) is 14.4 Å². The number of aromatic nitrogens is 2. The average Bonchev–Trinajstić information content (AvgIpc) is 3.27. The molecule has 0 unspecified atom stereocenters. The summed E-state index contributed by atoms with van der Waals surface area (Å²) in [6.07, 6.45) is 0.764. The van der Waals surface area contributed by atoms with Crippen molar-refractivity contribution in [2.24, 2.45) is 4.99 Å². The standard InChI is InChI=1S/C23H25N3O3.C8H5NO2/c1-5-25-22(24-18-9-7-6-8-15(18)2)14-19-17-13-21(29-4)20(28-3)12-16(17)10-11-26(19)23(25)27;10-7-5-3-1-2-4-6(5)8(11)9-7/h6-9,12-14H,5,10-11H2,1-4H3;1-4H,(H,9,10,11). The molecule has 9 heteroatoms. The maximum atomic E-state index is 13.2. The zero-order valence-electron chi connectivity index (χ0n) is 22.9. The summed E-state index contributed by atoms with van der Waals surface area (Å²) < 4.78 is 14.5. The number of nitrogens with one attached hydrogen (secondary N) is 1. The molecule has 1 N–H and O–H groups in total. The van der Waals surface area contributed by atoms with Crippen molar-refractivity contribution < 1.29 is 19.1 Å². The van der Waals surface area contributed by atoms with Gasteiger partial charge < -0.3 is 9.47 Å². The van der Waals surface area contributed by atoms with Crippen LogP contribution in [0.25, 0.3) is 11.3 Å². The summed E-state index contributed by atoms with van der Waals surface area (Å²) in [6.45, 7) is 5.17. The first kappa shape index (κ1) is 26.7. The number of amides is 2. The predicted molar refractivity (Wildman–Crippen MR) is 151 cm³/mol. The van der Waals surface area contributed by atoms with E-state index in [1.807, 2.05) is 60.9 Å². The van der Waals surface area contributed by atoms with Gasteiger partial charge in [-0.2, -0.15) is 0 Å². The molecule has 3 heterocycles. The van der Waals surface area contributed by atoms with Crippen molar-refractivity contribution in [2.45, 2.75) is 33.4 Å². The van der Waals surface area contributed by atoms with Crippen LogP contribution in [0, 0.1) is 6.92 Å². The molecule has 9 nitrogen and oxygen atoms in total. The van der Waals surface area contributed by atoms with Crippen molar-refractivity contribution in [1.82, 2.24) is 14.5 Å². The smallest absolute Gasteiger partial charge is 0.330 e. The summed E-state index contributed by atoms with van der Waals surface area (Å²) in [5, 5.41) is 2.20. The lowest BCUT2D eigenvalue weighted by molar-refractivity contribution is 0.0879. The molecule has 0 radical (unpaired) electrons. The number of ether oxygens (including phenoxy) is 2. The Bertz CT molecular complexity index is 1730. The van der Waals surface area contributed by atoms with Gasteiger partial charge in [0.15, 0.2) is 11.5 Å². The Kier molecular flexibility index (Phi) is 7.37. The molecule has 3 aromatic carbocycles. The van der Waals surface area contributed by atoms with Gasteiger partial charge in [0.1, 0.15) is 5.49 Å². The van der Waals surface area contributed by atoms with E-state index in [2.05, 4.69) is 5.32 Å². The highest BCUT2D eigenvalue weighted by Crippen LogP contribution is 2.37. The minimum atomic E-state index is -0.300. The van der Waals surface area contributed by atoms with E-state index in [4.69, 9.17) is 14.5 Å². The van der Waals surface area contributed by atoms with Gasteiger partial charge >= 0.3 is 5.69 Å². The summed E-state index contributed by atoms with van der Waals surface area (Å²) >= 11 is 0. The highest BCUT2D eigenvalue weighted by Gasteiger charge is 2.25. The molecule has 0 aliphatic carbocycles. The van der Waals surface area contributed by atoms with Crippen LogP contribution < -0.4 is 26.0 Å². The molecule has 0 bridgehead atoms. The lowest BCUT2D eigenvalue weighted by atomic mass is 9.97. The van der Waals surface area contributed by atoms with Crippen LogP contribution in [0.4, 0.5) is 5.69 Å². The second-order valence-electron chi connectivity index (χ2n) is 9.41. The van der Waals surface area contributed by atoms with E-state index in [0.717, 1.165) is 34.5 Å². The number of benzene rings is 3. The van der Waals surface area contributed by atoms with E-state index in [0.29, 0.717) is 41.2 Å². The molecule has 0 fully saturated rings. The predicted octanol–water partition coefficient (Wildman–Crippen LogP) is 4.02. The number of nitrogens with zero attached hydrogens (tertiary/aromatic N) is 3. The van der Waals surface area contributed by atoms with E-state index < -0.39 is 0 Å². The quantitative estimate of drug-likeness (QED) is 0.396. The molecule has 0 atom stereocenters. The van der Waals surface area contributed by atoms with Crippen LogP contribution in [0.5, 0.6) is 11.5 Å². The number of carbonyl (C=O) groups excluding carboxylic acids is 2. The van der Waals surface area contributed by atoms with Crippen molar-refractivity contribution in [2.75, 3.05) is 14.2 Å². The molecule has 0 saturated heterocycles. The number of aryl methyl sites for hydroxylation is 2. The molecular formula is C31H30N4O5. The number of fused-ring (bicyclic) bond motifs is 4. The van der Waals surface area contributed by atoms with Crippen LogP contribution in [0.15, 0.2) is 76.5 Å². The van der Waals surface area contributed by atoms with Gasteiger partial charge in [0.25, 0.3) is 11.8 Å². The molecule has 2 amide bonds. The Morgan fingerprint density at radius 3 is 2.10 bits per heavy atom.